The first-order chi connectivity index (χ1) is 16.9. The monoisotopic (exact) mass is 560 g/mol. The maximum absolute atomic E-state index is 13.2. The summed E-state index contributed by atoms with van der Waals surface area (Å²) in [6, 6.07) is 5.18. The summed E-state index contributed by atoms with van der Waals surface area (Å²) in [5, 5.41) is 9.27. The van der Waals surface area contributed by atoms with Gasteiger partial charge in [0.1, 0.15) is 0 Å². The molecule has 4 rings (SSSR count). The average Bonchev–Trinajstić information content (AvgIpc) is 2.79. The first kappa shape index (κ1) is 28.6. The zero-order valence-corrected chi connectivity index (χ0v) is 21.5. The smallest absolute Gasteiger partial charge is 0.378 e. The van der Waals surface area contributed by atoms with Gasteiger partial charge in [-0.05, 0) is 38.8 Å². The molecule has 9 nitrogen and oxygen atoms in total. The van der Waals surface area contributed by atoms with Crippen LogP contribution < -0.4 is 11.1 Å². The molecule has 0 radical (unpaired) electrons. The van der Waals surface area contributed by atoms with Crippen molar-refractivity contribution in [1.29, 1.82) is 0 Å². The van der Waals surface area contributed by atoms with Gasteiger partial charge >= 0.3 is 6.18 Å². The third-order valence-corrected chi connectivity index (χ3v) is 6.64. The molecule has 3 atom stereocenters. The Morgan fingerprint density at radius 3 is 2.73 bits per heavy atom. The van der Waals surface area contributed by atoms with Crippen LogP contribution in [0.25, 0.3) is 0 Å². The average molecular weight is 561 g/mol. The number of nitrogens with one attached hydrogen (secondary N) is 1. The minimum atomic E-state index is -4.68. The fourth-order valence-electron chi connectivity index (χ4n) is 4.47. The second-order valence-corrected chi connectivity index (χ2v) is 9.37. The molecule has 2 aliphatic heterocycles. The topological polar surface area (TPSA) is 123 Å². The van der Waals surface area contributed by atoms with Crippen LogP contribution in [0.5, 0.6) is 0 Å². The molecule has 0 saturated carbocycles. The summed E-state index contributed by atoms with van der Waals surface area (Å²) in [6.07, 6.45) is -2.90. The van der Waals surface area contributed by atoms with E-state index in [9.17, 15) is 22.8 Å². The van der Waals surface area contributed by atoms with Crippen LogP contribution >= 0.6 is 24.0 Å². The van der Waals surface area contributed by atoms with Gasteiger partial charge in [-0.1, -0.05) is 23.7 Å². The van der Waals surface area contributed by atoms with Crippen LogP contribution in [-0.4, -0.2) is 51.6 Å². The number of ether oxygens (including phenoxy) is 1. The van der Waals surface area contributed by atoms with Gasteiger partial charge in [0.2, 0.25) is 5.91 Å². The van der Waals surface area contributed by atoms with E-state index in [1.165, 1.54) is 11.0 Å². The molecule has 1 aromatic heterocycles. The highest BCUT2D eigenvalue weighted by Crippen LogP contribution is 2.41. The van der Waals surface area contributed by atoms with Crippen LogP contribution in [0.2, 0.25) is 5.02 Å². The van der Waals surface area contributed by atoms with Crippen molar-refractivity contribution in [3.05, 3.63) is 52.3 Å². The number of hydrogen-bond acceptors (Lipinski definition) is 7. The number of benzene rings is 1. The Morgan fingerprint density at radius 1 is 1.35 bits per heavy atom. The third kappa shape index (κ3) is 5.97. The van der Waals surface area contributed by atoms with Gasteiger partial charge in [0.25, 0.3) is 5.91 Å². The Bertz CT molecular complexity index is 1230. The number of guanidine groups is 1. The van der Waals surface area contributed by atoms with E-state index in [0.29, 0.717) is 37.3 Å². The molecule has 1 fully saturated rings. The van der Waals surface area contributed by atoms with Crippen LogP contribution in [-0.2, 0) is 21.2 Å². The number of halogens is 5. The fraction of sp³-hybridized carbons (Fsp3) is 0.435. The first-order valence-electron chi connectivity index (χ1n) is 11.2. The number of amides is 2. The molecule has 0 bridgehead atoms. The molecule has 0 spiro atoms. The Labute approximate surface area is 222 Å². The largest absolute Gasteiger partial charge is 0.418 e. The SMILES string of the molecule is C[C@@H]1C[C@H](N2C(=O)C[C@@](C)(c3cccc(NC(=O)c4cc(C(F)(F)F)cnn4)c3Cl)N=C2N)CCO1.Cl. The first-order valence-corrected chi connectivity index (χ1v) is 11.6. The van der Waals surface area contributed by atoms with Gasteiger partial charge in [-0.15, -0.1) is 17.5 Å². The molecule has 37 heavy (non-hydrogen) atoms. The molecule has 2 aromatic rings. The van der Waals surface area contributed by atoms with E-state index >= 15 is 0 Å². The summed E-state index contributed by atoms with van der Waals surface area (Å²) < 4.78 is 44.5. The lowest BCUT2D eigenvalue weighted by Gasteiger charge is -2.41. The van der Waals surface area contributed by atoms with Crippen molar-refractivity contribution < 1.29 is 27.5 Å². The van der Waals surface area contributed by atoms with E-state index in [2.05, 4.69) is 20.5 Å². The van der Waals surface area contributed by atoms with Crippen molar-refractivity contribution in [3.8, 4) is 0 Å². The number of alkyl halides is 3. The number of anilines is 1. The van der Waals surface area contributed by atoms with Crippen molar-refractivity contribution >= 4 is 47.5 Å². The van der Waals surface area contributed by atoms with E-state index in [-0.39, 0.29) is 53.6 Å². The van der Waals surface area contributed by atoms with Crippen LogP contribution in [0.1, 0.15) is 54.7 Å². The minimum Gasteiger partial charge on any atom is -0.378 e. The van der Waals surface area contributed by atoms with Crippen molar-refractivity contribution in [1.82, 2.24) is 15.1 Å². The number of aromatic nitrogens is 2. The van der Waals surface area contributed by atoms with Crippen LogP contribution in [0.15, 0.2) is 35.5 Å². The summed E-state index contributed by atoms with van der Waals surface area (Å²) in [5.74, 6) is -1.08. The molecule has 2 aliphatic rings. The van der Waals surface area contributed by atoms with E-state index < -0.39 is 28.9 Å². The van der Waals surface area contributed by atoms with Crippen LogP contribution in [0, 0.1) is 0 Å². The Morgan fingerprint density at radius 2 is 2.08 bits per heavy atom. The summed E-state index contributed by atoms with van der Waals surface area (Å²) in [4.78, 5) is 31.9. The zero-order valence-electron chi connectivity index (χ0n) is 19.9. The van der Waals surface area contributed by atoms with Gasteiger partial charge in [-0.2, -0.15) is 18.3 Å². The fourth-order valence-corrected chi connectivity index (χ4v) is 4.85. The van der Waals surface area contributed by atoms with E-state index in [4.69, 9.17) is 22.1 Å². The number of carbonyl (C=O) groups is 2. The number of rotatable bonds is 4. The van der Waals surface area contributed by atoms with E-state index in [0.717, 1.165) is 0 Å². The maximum atomic E-state index is 13.2. The lowest BCUT2D eigenvalue weighted by Crippen LogP contribution is -2.56. The molecule has 2 amide bonds. The van der Waals surface area contributed by atoms with E-state index in [1.807, 2.05) is 6.92 Å². The van der Waals surface area contributed by atoms with Crippen LogP contribution in [0.3, 0.4) is 0 Å². The number of nitrogens with zero attached hydrogens (tertiary/aromatic N) is 4. The summed E-state index contributed by atoms with van der Waals surface area (Å²) in [5.41, 5.74) is 4.02. The molecule has 0 aliphatic carbocycles. The second-order valence-electron chi connectivity index (χ2n) is 8.99. The van der Waals surface area contributed by atoms with Gasteiger partial charge < -0.3 is 15.8 Å². The quantitative estimate of drug-likeness (QED) is 0.579. The summed E-state index contributed by atoms with van der Waals surface area (Å²) >= 11 is 6.58. The second kappa shape index (κ2) is 10.8. The molecule has 200 valence electrons. The number of aliphatic imine (C=N–C) groups is 1. The van der Waals surface area contributed by atoms with Crippen LogP contribution in [0.4, 0.5) is 18.9 Å². The molecule has 3 heterocycles. The molecular weight excluding hydrogens is 536 g/mol. The highest BCUT2D eigenvalue weighted by molar-refractivity contribution is 6.35. The van der Waals surface area contributed by atoms with E-state index in [1.54, 1.807) is 19.1 Å². The highest BCUT2D eigenvalue weighted by Gasteiger charge is 2.42. The lowest BCUT2D eigenvalue weighted by molar-refractivity contribution is -0.138. The number of nitrogens with two attached hydrogens (primary N) is 1. The molecular formula is C23H25Cl2F3N6O3. The lowest BCUT2D eigenvalue weighted by atomic mass is 9.86. The Kier molecular flexibility index (Phi) is 8.35. The van der Waals surface area contributed by atoms with Gasteiger partial charge in [-0.3, -0.25) is 14.5 Å². The standard InChI is InChI=1S/C23H24ClF3N6O3.ClH/c1-12-8-14(6-7-36-12)33-18(34)10-22(2,31-21(33)28)15-4-3-5-16(19(15)24)30-20(35)17-9-13(11-29-32-17)23(25,26)27;/h3-5,9,11-12,14H,6-8,10H2,1-2H3,(H2,28,31)(H,30,35);1H/t12-,14-,22+;/m1./s1. The molecule has 1 aromatic carbocycles. The van der Waals surface area contributed by atoms with Gasteiger partial charge in [0.15, 0.2) is 11.7 Å². The Balaban J connectivity index is 0.00000380. The van der Waals surface area contributed by atoms with Gasteiger partial charge in [-0.25, -0.2) is 4.99 Å². The number of hydrogen-bond donors (Lipinski definition) is 2. The molecule has 0 unspecified atom stereocenters. The highest BCUT2D eigenvalue weighted by atomic mass is 35.5. The summed E-state index contributed by atoms with van der Waals surface area (Å²) in [7, 11) is 0. The third-order valence-electron chi connectivity index (χ3n) is 6.24. The molecule has 3 N–H and O–H groups in total. The zero-order chi connectivity index (χ0) is 26.3. The summed E-state index contributed by atoms with van der Waals surface area (Å²) in [6.45, 7) is 4.15. The maximum Gasteiger partial charge on any atom is 0.418 e. The normalized spacial score (nSPS) is 24.2. The van der Waals surface area contributed by atoms with Crippen molar-refractivity contribution in [3.63, 3.8) is 0 Å². The predicted octanol–water partition coefficient (Wildman–Crippen LogP) is 4.15. The molecule has 14 heteroatoms. The van der Waals surface area contributed by atoms with Crippen molar-refractivity contribution in [2.24, 2.45) is 10.7 Å². The predicted molar refractivity (Wildman–Crippen MR) is 133 cm³/mol. The van der Waals surface area contributed by atoms with Gasteiger partial charge in [0, 0.05) is 18.2 Å². The van der Waals surface area contributed by atoms with Crippen molar-refractivity contribution in [2.45, 2.75) is 57.0 Å². The Hall–Kier alpha value is -2.96. The molecule has 1 saturated heterocycles. The minimum absolute atomic E-state index is 0. The van der Waals surface area contributed by atoms with Gasteiger partial charge in [0.05, 0.1) is 40.5 Å². The van der Waals surface area contributed by atoms with Crippen molar-refractivity contribution in [2.75, 3.05) is 11.9 Å². The number of carbonyl (C=O) groups excluding carboxylic acids is 2.